The largest absolute Gasteiger partial charge is 0.418 e. The minimum atomic E-state index is -4.75. The van der Waals surface area contributed by atoms with Crippen molar-refractivity contribution >= 4 is 16.4 Å². The Morgan fingerprint density at radius 1 is 1.27 bits per heavy atom. The second kappa shape index (κ2) is 6.57. The van der Waals surface area contributed by atoms with Crippen molar-refractivity contribution in [1.82, 2.24) is 20.6 Å². The zero-order chi connectivity index (χ0) is 18.5. The molecule has 4 rings (SSSR count). The van der Waals surface area contributed by atoms with Crippen LogP contribution in [0.2, 0.25) is 0 Å². The first-order valence-corrected chi connectivity index (χ1v) is 10.5. The van der Waals surface area contributed by atoms with Crippen LogP contribution in [-0.4, -0.2) is 78.1 Å². The Labute approximate surface area is 152 Å². The molecular formula is C15H26N4O6S. The van der Waals surface area contributed by atoms with Crippen LogP contribution in [0.3, 0.4) is 0 Å². The maximum absolute atomic E-state index is 12.4. The highest BCUT2D eigenvalue weighted by Crippen LogP contribution is 2.48. The van der Waals surface area contributed by atoms with Gasteiger partial charge in [0.1, 0.15) is 6.23 Å². The summed E-state index contributed by atoms with van der Waals surface area (Å²) in [4.78, 5) is 13.8. The molecule has 4 N–H and O–H groups in total. The van der Waals surface area contributed by atoms with Gasteiger partial charge in [-0.3, -0.25) is 9.87 Å². The third kappa shape index (κ3) is 3.43. The van der Waals surface area contributed by atoms with Crippen LogP contribution in [0, 0.1) is 5.41 Å². The summed E-state index contributed by atoms with van der Waals surface area (Å²) in [7, 11) is -4.75. The highest BCUT2D eigenvalue weighted by molar-refractivity contribution is 7.80. The molecule has 11 heteroatoms. The molecule has 0 aromatic carbocycles. The van der Waals surface area contributed by atoms with Crippen molar-refractivity contribution in [3.05, 3.63) is 0 Å². The van der Waals surface area contributed by atoms with E-state index in [2.05, 4.69) is 14.9 Å². The molecule has 0 aromatic heterocycles. The summed E-state index contributed by atoms with van der Waals surface area (Å²) in [5, 5.41) is 17.9. The van der Waals surface area contributed by atoms with Gasteiger partial charge in [0.15, 0.2) is 0 Å². The van der Waals surface area contributed by atoms with Crippen LogP contribution in [0.5, 0.6) is 0 Å². The summed E-state index contributed by atoms with van der Waals surface area (Å²) in [6.07, 6.45) is 4.58. The molecule has 26 heavy (non-hydrogen) atoms. The second-order valence-corrected chi connectivity index (χ2v) is 9.03. The van der Waals surface area contributed by atoms with Gasteiger partial charge in [-0.05, 0) is 57.0 Å². The van der Waals surface area contributed by atoms with E-state index in [1.165, 1.54) is 17.7 Å². The van der Waals surface area contributed by atoms with Crippen LogP contribution < -0.4 is 10.6 Å². The number of carbonyl (C=O) groups excluding carboxylic acids is 1. The zero-order valence-corrected chi connectivity index (χ0v) is 15.3. The molecule has 3 unspecified atom stereocenters. The molecule has 3 saturated heterocycles. The third-order valence-corrected chi connectivity index (χ3v) is 6.69. The van der Waals surface area contributed by atoms with Crippen molar-refractivity contribution < 1.29 is 27.2 Å². The number of nitrogens with one attached hydrogen (secondary N) is 2. The average Bonchev–Trinajstić information content (AvgIpc) is 2.78. The predicted octanol–water partition coefficient (Wildman–Crippen LogP) is -0.570. The van der Waals surface area contributed by atoms with Crippen molar-refractivity contribution in [3.63, 3.8) is 0 Å². The van der Waals surface area contributed by atoms with E-state index in [0.717, 1.165) is 25.9 Å². The molecule has 2 amide bonds. The lowest BCUT2D eigenvalue weighted by atomic mass is 9.60. The maximum atomic E-state index is 12.4. The monoisotopic (exact) mass is 390 g/mol. The van der Waals surface area contributed by atoms with Crippen LogP contribution in [0.25, 0.3) is 0 Å². The minimum Gasteiger partial charge on any atom is -0.376 e. The molecule has 3 atom stereocenters. The van der Waals surface area contributed by atoms with Gasteiger partial charge in [0.2, 0.25) is 0 Å². The van der Waals surface area contributed by atoms with Crippen molar-refractivity contribution in [1.29, 1.82) is 0 Å². The third-order valence-electron chi connectivity index (χ3n) is 6.34. The van der Waals surface area contributed by atoms with Crippen LogP contribution in [0.15, 0.2) is 0 Å². The van der Waals surface area contributed by atoms with Gasteiger partial charge < -0.3 is 15.3 Å². The SMILES string of the molecule is O=C1N2CC(CCC2C(O)NC2CC3(CCNCC3)C2)N1OS(=O)(=O)O. The quantitative estimate of drug-likeness (QED) is 0.363. The average molecular weight is 390 g/mol. The fourth-order valence-electron chi connectivity index (χ4n) is 5.01. The standard InChI is InChI=1S/C15H26N4O6S/c20-13(17-10-7-15(8-10)3-5-16-6-4-15)12-2-1-11-9-18(12)14(21)19(11)25-26(22,23)24/h10-13,16-17,20H,1-9H2,(H,22,23,24). The fourth-order valence-corrected chi connectivity index (χ4v) is 5.40. The number of aliphatic hydroxyl groups is 1. The highest BCUT2D eigenvalue weighted by atomic mass is 32.3. The van der Waals surface area contributed by atoms with Crippen LogP contribution in [0.4, 0.5) is 4.79 Å². The van der Waals surface area contributed by atoms with E-state index in [9.17, 15) is 18.3 Å². The van der Waals surface area contributed by atoms with Crippen molar-refractivity contribution in [2.75, 3.05) is 19.6 Å². The van der Waals surface area contributed by atoms with Gasteiger partial charge in [0.25, 0.3) is 0 Å². The molecule has 148 valence electrons. The second-order valence-electron chi connectivity index (χ2n) is 8.03. The number of hydroxylamine groups is 2. The maximum Gasteiger partial charge on any atom is 0.418 e. The molecule has 4 fully saturated rings. The zero-order valence-electron chi connectivity index (χ0n) is 14.5. The molecule has 2 bridgehead atoms. The minimum absolute atomic E-state index is 0.240. The fraction of sp³-hybridized carbons (Fsp3) is 0.933. The van der Waals surface area contributed by atoms with Crippen molar-refractivity contribution in [3.8, 4) is 0 Å². The van der Waals surface area contributed by atoms with Gasteiger partial charge in [-0.2, -0.15) is 13.5 Å². The Hall–Kier alpha value is -0.980. The van der Waals surface area contributed by atoms with Gasteiger partial charge in [0.05, 0.1) is 12.1 Å². The van der Waals surface area contributed by atoms with Gasteiger partial charge >= 0.3 is 16.4 Å². The van der Waals surface area contributed by atoms with Gasteiger partial charge in [-0.25, -0.2) is 4.79 Å². The summed E-state index contributed by atoms with van der Waals surface area (Å²) in [5.41, 5.74) is 0.393. The first-order chi connectivity index (χ1) is 12.3. The molecule has 3 aliphatic heterocycles. The van der Waals surface area contributed by atoms with Crippen LogP contribution in [0.1, 0.15) is 38.5 Å². The smallest absolute Gasteiger partial charge is 0.376 e. The molecular weight excluding hydrogens is 364 g/mol. The van der Waals surface area contributed by atoms with Gasteiger partial charge in [-0.1, -0.05) is 0 Å². The lowest BCUT2D eigenvalue weighted by molar-refractivity contribution is -0.0334. The lowest BCUT2D eigenvalue weighted by Gasteiger charge is -2.52. The van der Waals surface area contributed by atoms with E-state index in [-0.39, 0.29) is 12.6 Å². The first-order valence-electron chi connectivity index (χ1n) is 9.18. The van der Waals surface area contributed by atoms with Crippen molar-refractivity contribution in [2.45, 2.75) is 62.9 Å². The highest BCUT2D eigenvalue weighted by Gasteiger charge is 2.50. The number of nitrogens with zero attached hydrogens (tertiary/aromatic N) is 2. The summed E-state index contributed by atoms with van der Waals surface area (Å²) in [6, 6.07) is -1.27. The number of urea groups is 1. The summed E-state index contributed by atoms with van der Waals surface area (Å²) >= 11 is 0. The normalized spacial score (nSPS) is 32.8. The predicted molar refractivity (Wildman–Crippen MR) is 90.1 cm³/mol. The van der Waals surface area contributed by atoms with E-state index in [1.54, 1.807) is 0 Å². The van der Waals surface area contributed by atoms with Crippen LogP contribution >= 0.6 is 0 Å². The number of piperidine rings is 2. The first kappa shape index (κ1) is 18.4. The Bertz CT molecular complexity index is 659. The van der Waals surface area contributed by atoms with Crippen molar-refractivity contribution in [2.24, 2.45) is 5.41 Å². The number of hydrogen-bond acceptors (Lipinski definition) is 7. The van der Waals surface area contributed by atoms with Crippen LogP contribution in [-0.2, 0) is 14.7 Å². The lowest BCUT2D eigenvalue weighted by Crippen LogP contribution is -2.60. The molecule has 1 saturated carbocycles. The summed E-state index contributed by atoms with van der Waals surface area (Å²) in [6.45, 7) is 2.37. The number of aliphatic hydroxyl groups excluding tert-OH is 1. The summed E-state index contributed by atoms with van der Waals surface area (Å²) < 4.78 is 35.1. The van der Waals surface area contributed by atoms with E-state index in [0.29, 0.717) is 23.3 Å². The number of fused-ring (bicyclic) bond motifs is 2. The summed E-state index contributed by atoms with van der Waals surface area (Å²) in [5.74, 6) is 0. The molecule has 0 aromatic rings. The number of carbonyl (C=O) groups is 1. The van der Waals surface area contributed by atoms with E-state index in [4.69, 9.17) is 4.55 Å². The molecule has 0 radical (unpaired) electrons. The Morgan fingerprint density at radius 3 is 2.62 bits per heavy atom. The van der Waals surface area contributed by atoms with E-state index in [1.807, 2.05) is 0 Å². The number of amides is 2. The topological polar surface area (TPSA) is 131 Å². The molecule has 4 aliphatic rings. The Balaban J connectivity index is 1.33. The molecule has 3 heterocycles. The van der Waals surface area contributed by atoms with E-state index < -0.39 is 34.7 Å². The van der Waals surface area contributed by atoms with E-state index >= 15 is 0 Å². The molecule has 10 nitrogen and oxygen atoms in total. The molecule has 1 spiro atoms. The number of rotatable bonds is 5. The van der Waals surface area contributed by atoms with Gasteiger partial charge in [-0.15, -0.1) is 4.28 Å². The number of hydrogen-bond donors (Lipinski definition) is 4. The Morgan fingerprint density at radius 2 is 1.96 bits per heavy atom. The Kier molecular flexibility index (Phi) is 4.65. The van der Waals surface area contributed by atoms with Gasteiger partial charge in [0, 0.05) is 12.6 Å². The molecule has 1 aliphatic carbocycles.